The van der Waals surface area contributed by atoms with Gasteiger partial charge in [0.05, 0.1) is 11.1 Å². The summed E-state index contributed by atoms with van der Waals surface area (Å²) in [5, 5.41) is 11.8. The standard InChI is InChI=1S/C27H19F2NO4/c28-21-9-11-23(12-10-21)34-25-13-8-20(19-2-1-3-22(29)14-19)15-24(25)26(31)30-16-17-4-6-18(7-5-17)27(32)33/h1-15H,16H2,(H,30,31)(H,32,33). The third-order valence-corrected chi connectivity index (χ3v) is 5.08. The highest BCUT2D eigenvalue weighted by Gasteiger charge is 2.16. The molecule has 0 heterocycles. The number of hydrogen-bond donors (Lipinski definition) is 2. The monoisotopic (exact) mass is 459 g/mol. The van der Waals surface area contributed by atoms with Gasteiger partial charge in [0.25, 0.3) is 5.91 Å². The molecule has 0 bridgehead atoms. The Morgan fingerprint density at radius 3 is 2.18 bits per heavy atom. The van der Waals surface area contributed by atoms with Crippen molar-refractivity contribution in [3.63, 3.8) is 0 Å². The summed E-state index contributed by atoms with van der Waals surface area (Å²) in [6.45, 7) is 0.152. The molecule has 4 aromatic rings. The van der Waals surface area contributed by atoms with Gasteiger partial charge in [-0.1, -0.05) is 30.3 Å². The second kappa shape index (κ2) is 9.95. The third-order valence-electron chi connectivity index (χ3n) is 5.08. The van der Waals surface area contributed by atoms with Gasteiger partial charge in [-0.2, -0.15) is 0 Å². The number of carboxylic acids is 1. The van der Waals surface area contributed by atoms with Gasteiger partial charge in [0.2, 0.25) is 0 Å². The minimum Gasteiger partial charge on any atom is -0.478 e. The topological polar surface area (TPSA) is 75.6 Å². The van der Waals surface area contributed by atoms with Crippen molar-refractivity contribution in [3.8, 4) is 22.6 Å². The molecule has 4 rings (SSSR count). The Morgan fingerprint density at radius 2 is 1.50 bits per heavy atom. The van der Waals surface area contributed by atoms with Crippen LogP contribution in [-0.4, -0.2) is 17.0 Å². The zero-order valence-electron chi connectivity index (χ0n) is 17.8. The molecule has 0 radical (unpaired) electrons. The maximum atomic E-state index is 13.7. The van der Waals surface area contributed by atoms with Gasteiger partial charge in [0.1, 0.15) is 23.1 Å². The quantitative estimate of drug-likeness (QED) is 0.353. The molecular weight excluding hydrogens is 440 g/mol. The molecule has 4 aromatic carbocycles. The highest BCUT2D eigenvalue weighted by molar-refractivity contribution is 5.98. The van der Waals surface area contributed by atoms with E-state index in [0.717, 1.165) is 0 Å². The summed E-state index contributed by atoms with van der Waals surface area (Å²) in [6, 6.07) is 22.4. The molecule has 0 aliphatic carbocycles. The molecule has 2 N–H and O–H groups in total. The Balaban J connectivity index is 1.62. The van der Waals surface area contributed by atoms with Crippen molar-refractivity contribution in [3.05, 3.63) is 119 Å². The summed E-state index contributed by atoms with van der Waals surface area (Å²) in [5.74, 6) is -1.71. The van der Waals surface area contributed by atoms with Crippen LogP contribution in [-0.2, 0) is 6.54 Å². The number of halogens is 2. The Morgan fingerprint density at radius 1 is 0.794 bits per heavy atom. The van der Waals surface area contributed by atoms with E-state index in [9.17, 15) is 18.4 Å². The number of benzene rings is 4. The van der Waals surface area contributed by atoms with Crippen LogP contribution in [0.15, 0.2) is 91.0 Å². The second-order valence-corrected chi connectivity index (χ2v) is 7.46. The average Bonchev–Trinajstić information content (AvgIpc) is 2.84. The molecule has 0 unspecified atom stereocenters. The lowest BCUT2D eigenvalue weighted by atomic mass is 10.0. The lowest BCUT2D eigenvalue weighted by Crippen LogP contribution is -2.23. The van der Waals surface area contributed by atoms with Gasteiger partial charge in [0, 0.05) is 6.54 Å². The Labute approximate surface area is 194 Å². The molecule has 34 heavy (non-hydrogen) atoms. The van der Waals surface area contributed by atoms with Crippen molar-refractivity contribution >= 4 is 11.9 Å². The first-order valence-corrected chi connectivity index (χ1v) is 10.3. The SMILES string of the molecule is O=C(O)c1ccc(CNC(=O)c2cc(-c3cccc(F)c3)ccc2Oc2ccc(F)cc2)cc1. The number of nitrogens with one attached hydrogen (secondary N) is 1. The fraction of sp³-hybridized carbons (Fsp3) is 0.0370. The van der Waals surface area contributed by atoms with E-state index in [2.05, 4.69) is 5.32 Å². The van der Waals surface area contributed by atoms with E-state index in [1.54, 1.807) is 42.5 Å². The molecule has 0 saturated carbocycles. The largest absolute Gasteiger partial charge is 0.478 e. The maximum Gasteiger partial charge on any atom is 0.335 e. The van der Waals surface area contributed by atoms with Crippen molar-refractivity contribution in [1.29, 1.82) is 0 Å². The minimum absolute atomic E-state index is 0.146. The van der Waals surface area contributed by atoms with E-state index < -0.39 is 23.5 Å². The van der Waals surface area contributed by atoms with Crippen LogP contribution in [0, 0.1) is 11.6 Å². The summed E-state index contributed by atoms with van der Waals surface area (Å²) in [4.78, 5) is 24.1. The Bertz CT molecular complexity index is 1340. The predicted molar refractivity (Wildman–Crippen MR) is 123 cm³/mol. The van der Waals surface area contributed by atoms with E-state index in [1.807, 2.05) is 0 Å². The minimum atomic E-state index is -1.03. The number of ether oxygens (including phenoxy) is 1. The van der Waals surface area contributed by atoms with Gasteiger partial charge < -0.3 is 15.2 Å². The van der Waals surface area contributed by atoms with Crippen molar-refractivity contribution in [2.45, 2.75) is 6.54 Å². The second-order valence-electron chi connectivity index (χ2n) is 7.46. The molecular formula is C27H19F2NO4. The van der Waals surface area contributed by atoms with Crippen molar-refractivity contribution in [2.24, 2.45) is 0 Å². The van der Waals surface area contributed by atoms with Crippen LogP contribution in [0.3, 0.4) is 0 Å². The van der Waals surface area contributed by atoms with E-state index >= 15 is 0 Å². The number of carbonyl (C=O) groups is 2. The van der Waals surface area contributed by atoms with Gasteiger partial charge >= 0.3 is 5.97 Å². The van der Waals surface area contributed by atoms with Crippen LogP contribution < -0.4 is 10.1 Å². The molecule has 1 amide bonds. The van der Waals surface area contributed by atoms with Gasteiger partial charge in [-0.25, -0.2) is 13.6 Å². The van der Waals surface area contributed by atoms with Crippen LogP contribution in [0.4, 0.5) is 8.78 Å². The van der Waals surface area contributed by atoms with E-state index in [4.69, 9.17) is 9.84 Å². The molecule has 0 fully saturated rings. The highest BCUT2D eigenvalue weighted by atomic mass is 19.1. The number of rotatable bonds is 7. The highest BCUT2D eigenvalue weighted by Crippen LogP contribution is 2.30. The van der Waals surface area contributed by atoms with Gasteiger partial charge in [-0.05, 0) is 77.4 Å². The maximum absolute atomic E-state index is 13.7. The molecule has 0 aliphatic rings. The third kappa shape index (κ3) is 5.45. The van der Waals surface area contributed by atoms with Crippen LogP contribution in [0.1, 0.15) is 26.3 Å². The molecule has 5 nitrogen and oxygen atoms in total. The molecule has 0 aromatic heterocycles. The van der Waals surface area contributed by atoms with Crippen LogP contribution in [0.2, 0.25) is 0 Å². The lowest BCUT2D eigenvalue weighted by molar-refractivity contribution is 0.0696. The van der Waals surface area contributed by atoms with Crippen molar-refractivity contribution in [2.75, 3.05) is 0 Å². The van der Waals surface area contributed by atoms with E-state index in [1.165, 1.54) is 48.5 Å². The number of carbonyl (C=O) groups excluding carboxylic acids is 1. The van der Waals surface area contributed by atoms with Crippen molar-refractivity contribution < 1.29 is 28.2 Å². The normalized spacial score (nSPS) is 10.5. The average molecular weight is 459 g/mol. The fourth-order valence-electron chi connectivity index (χ4n) is 3.32. The first kappa shape index (κ1) is 22.7. The van der Waals surface area contributed by atoms with Gasteiger partial charge in [0.15, 0.2) is 0 Å². The number of amides is 1. The summed E-state index contributed by atoms with van der Waals surface area (Å²) in [7, 11) is 0. The number of aromatic carboxylic acids is 1. The van der Waals surface area contributed by atoms with Gasteiger partial charge in [-0.15, -0.1) is 0 Å². The Kier molecular flexibility index (Phi) is 6.64. The number of hydrogen-bond acceptors (Lipinski definition) is 3. The first-order valence-electron chi connectivity index (χ1n) is 10.3. The first-order chi connectivity index (χ1) is 16.4. The fourth-order valence-corrected chi connectivity index (χ4v) is 3.32. The number of carboxylic acid groups (broad SMARTS) is 1. The molecule has 170 valence electrons. The van der Waals surface area contributed by atoms with E-state index in [0.29, 0.717) is 22.4 Å². The van der Waals surface area contributed by atoms with Crippen molar-refractivity contribution in [1.82, 2.24) is 5.32 Å². The van der Waals surface area contributed by atoms with Gasteiger partial charge in [-0.3, -0.25) is 4.79 Å². The summed E-state index contributed by atoms with van der Waals surface area (Å²) >= 11 is 0. The lowest BCUT2D eigenvalue weighted by Gasteiger charge is -2.14. The summed E-state index contributed by atoms with van der Waals surface area (Å²) in [5.41, 5.74) is 2.26. The predicted octanol–water partition coefficient (Wildman–Crippen LogP) is 6.05. The zero-order valence-corrected chi connectivity index (χ0v) is 17.8. The molecule has 0 spiro atoms. The summed E-state index contributed by atoms with van der Waals surface area (Å²) in [6.07, 6.45) is 0. The molecule has 7 heteroatoms. The summed E-state index contributed by atoms with van der Waals surface area (Å²) < 4.78 is 32.8. The van der Waals surface area contributed by atoms with Crippen LogP contribution in [0.25, 0.3) is 11.1 Å². The van der Waals surface area contributed by atoms with E-state index in [-0.39, 0.29) is 23.4 Å². The smallest absolute Gasteiger partial charge is 0.335 e. The van der Waals surface area contributed by atoms with Crippen LogP contribution in [0.5, 0.6) is 11.5 Å². The molecule has 0 atom stereocenters. The Hall–Kier alpha value is -4.52. The zero-order chi connectivity index (χ0) is 24.1. The molecule has 0 saturated heterocycles. The molecule has 0 aliphatic heterocycles. The van der Waals surface area contributed by atoms with Crippen LogP contribution >= 0.6 is 0 Å².